The predicted octanol–water partition coefficient (Wildman–Crippen LogP) is 4.05. The fourth-order valence-corrected chi connectivity index (χ4v) is 3.77. The average molecular weight is 390 g/mol. The van der Waals surface area contributed by atoms with E-state index < -0.39 is 0 Å². The van der Waals surface area contributed by atoms with E-state index >= 15 is 0 Å². The van der Waals surface area contributed by atoms with E-state index in [0.717, 1.165) is 43.0 Å². The predicted molar refractivity (Wildman–Crippen MR) is 115 cm³/mol. The SMILES string of the molecule is COC1CCN(c2ccc(NC(=O)c3cnn(-c4ccccc4)c3C)cc2)CC1. The van der Waals surface area contributed by atoms with Crippen LogP contribution in [0.4, 0.5) is 11.4 Å². The van der Waals surface area contributed by atoms with E-state index in [0.29, 0.717) is 11.7 Å². The van der Waals surface area contributed by atoms with Gasteiger partial charge in [0.1, 0.15) is 0 Å². The van der Waals surface area contributed by atoms with Crippen LogP contribution in [0.2, 0.25) is 0 Å². The lowest BCUT2D eigenvalue weighted by molar-refractivity contribution is 0.0819. The third kappa shape index (κ3) is 4.17. The molecule has 29 heavy (non-hydrogen) atoms. The zero-order chi connectivity index (χ0) is 20.2. The number of hydrogen-bond acceptors (Lipinski definition) is 4. The van der Waals surface area contributed by atoms with Gasteiger partial charge in [-0.2, -0.15) is 5.10 Å². The molecule has 2 aromatic carbocycles. The molecule has 150 valence electrons. The molecule has 2 heterocycles. The highest BCUT2D eigenvalue weighted by molar-refractivity contribution is 6.05. The Hall–Kier alpha value is -3.12. The first-order valence-corrected chi connectivity index (χ1v) is 9.95. The Morgan fingerprint density at radius 3 is 2.38 bits per heavy atom. The van der Waals surface area contributed by atoms with Crippen molar-refractivity contribution >= 4 is 17.3 Å². The monoisotopic (exact) mass is 390 g/mol. The Kier molecular flexibility index (Phi) is 5.62. The maximum atomic E-state index is 12.7. The van der Waals surface area contributed by atoms with Gasteiger partial charge in [0, 0.05) is 31.6 Å². The highest BCUT2D eigenvalue weighted by Crippen LogP contribution is 2.23. The fourth-order valence-electron chi connectivity index (χ4n) is 3.77. The van der Waals surface area contributed by atoms with Crippen LogP contribution in [-0.4, -0.2) is 42.0 Å². The number of amides is 1. The second-order valence-corrected chi connectivity index (χ2v) is 7.31. The lowest BCUT2D eigenvalue weighted by Crippen LogP contribution is -2.36. The molecule has 1 aliphatic rings. The summed E-state index contributed by atoms with van der Waals surface area (Å²) >= 11 is 0. The van der Waals surface area contributed by atoms with Gasteiger partial charge >= 0.3 is 0 Å². The van der Waals surface area contributed by atoms with Gasteiger partial charge in [-0.3, -0.25) is 4.79 Å². The Bertz CT molecular complexity index is 958. The molecule has 1 amide bonds. The third-order valence-corrected chi connectivity index (χ3v) is 5.52. The highest BCUT2D eigenvalue weighted by Gasteiger charge is 2.19. The molecule has 0 spiro atoms. The summed E-state index contributed by atoms with van der Waals surface area (Å²) in [5.74, 6) is -0.154. The number of rotatable bonds is 5. The fraction of sp³-hybridized carbons (Fsp3) is 0.304. The van der Waals surface area contributed by atoms with Crippen LogP contribution in [0, 0.1) is 6.92 Å². The van der Waals surface area contributed by atoms with Crippen LogP contribution in [-0.2, 0) is 4.74 Å². The number of methoxy groups -OCH3 is 1. The molecule has 0 unspecified atom stereocenters. The lowest BCUT2D eigenvalue weighted by atomic mass is 10.1. The molecule has 6 heteroatoms. The molecule has 1 saturated heterocycles. The van der Waals surface area contributed by atoms with Crippen LogP contribution < -0.4 is 10.2 Å². The van der Waals surface area contributed by atoms with Crippen molar-refractivity contribution < 1.29 is 9.53 Å². The molecule has 0 bridgehead atoms. The second kappa shape index (κ2) is 8.49. The van der Waals surface area contributed by atoms with Crippen LogP contribution in [0.15, 0.2) is 60.8 Å². The van der Waals surface area contributed by atoms with E-state index in [2.05, 4.69) is 27.4 Å². The van der Waals surface area contributed by atoms with Gasteiger partial charge < -0.3 is 15.0 Å². The van der Waals surface area contributed by atoms with Crippen molar-refractivity contribution in [1.29, 1.82) is 0 Å². The number of piperidine rings is 1. The van der Waals surface area contributed by atoms with Crippen LogP contribution in [0.3, 0.4) is 0 Å². The standard InChI is InChI=1S/C23H26N4O2/c1-17-22(16-24-27(17)20-6-4-3-5-7-20)23(28)25-18-8-10-19(11-9-18)26-14-12-21(29-2)13-15-26/h3-11,16,21H,12-15H2,1-2H3,(H,25,28). The van der Waals surface area contributed by atoms with Crippen LogP contribution in [0.25, 0.3) is 5.69 Å². The first-order valence-electron chi connectivity index (χ1n) is 9.95. The van der Waals surface area contributed by atoms with Crippen molar-refractivity contribution in [2.24, 2.45) is 0 Å². The molecule has 0 radical (unpaired) electrons. The van der Waals surface area contributed by atoms with Crippen LogP contribution in [0.5, 0.6) is 0 Å². The first-order chi connectivity index (χ1) is 14.2. The molecule has 0 saturated carbocycles. The summed E-state index contributed by atoms with van der Waals surface area (Å²) in [4.78, 5) is 15.1. The Morgan fingerprint density at radius 2 is 1.72 bits per heavy atom. The number of aromatic nitrogens is 2. The molecule has 0 atom stereocenters. The molecular formula is C23H26N4O2. The lowest BCUT2D eigenvalue weighted by Gasteiger charge is -2.33. The average Bonchev–Trinajstić information content (AvgIpc) is 3.16. The minimum absolute atomic E-state index is 0.154. The summed E-state index contributed by atoms with van der Waals surface area (Å²) in [5, 5.41) is 7.36. The Labute approximate surface area is 171 Å². The number of para-hydroxylation sites is 1. The van der Waals surface area contributed by atoms with Crippen molar-refractivity contribution in [2.75, 3.05) is 30.4 Å². The van der Waals surface area contributed by atoms with Gasteiger partial charge in [-0.1, -0.05) is 18.2 Å². The molecule has 6 nitrogen and oxygen atoms in total. The quantitative estimate of drug-likeness (QED) is 0.714. The van der Waals surface area contributed by atoms with Crippen LogP contribution in [0.1, 0.15) is 28.9 Å². The van der Waals surface area contributed by atoms with Crippen molar-refractivity contribution in [1.82, 2.24) is 9.78 Å². The zero-order valence-corrected chi connectivity index (χ0v) is 16.8. The molecule has 1 N–H and O–H groups in total. The minimum Gasteiger partial charge on any atom is -0.381 e. The molecule has 0 aliphatic carbocycles. The normalized spacial score (nSPS) is 14.8. The summed E-state index contributed by atoms with van der Waals surface area (Å²) in [6.45, 7) is 3.88. The summed E-state index contributed by atoms with van der Waals surface area (Å²) in [6, 6.07) is 17.8. The van der Waals surface area contributed by atoms with Gasteiger partial charge in [0.05, 0.1) is 29.2 Å². The van der Waals surface area contributed by atoms with E-state index in [9.17, 15) is 4.79 Å². The topological polar surface area (TPSA) is 59.4 Å². The van der Waals surface area contributed by atoms with Crippen molar-refractivity contribution in [3.05, 3.63) is 72.1 Å². The van der Waals surface area contributed by atoms with Crippen LogP contribution >= 0.6 is 0 Å². The number of anilines is 2. The number of nitrogens with one attached hydrogen (secondary N) is 1. The van der Waals surface area contributed by atoms with Gasteiger partial charge in [0.2, 0.25) is 0 Å². The Balaban J connectivity index is 1.42. The maximum absolute atomic E-state index is 12.7. The summed E-state index contributed by atoms with van der Waals surface area (Å²) in [6.07, 6.45) is 4.07. The smallest absolute Gasteiger partial charge is 0.259 e. The Morgan fingerprint density at radius 1 is 1.03 bits per heavy atom. The van der Waals surface area contributed by atoms with E-state index in [1.165, 1.54) is 5.69 Å². The molecular weight excluding hydrogens is 364 g/mol. The second-order valence-electron chi connectivity index (χ2n) is 7.31. The van der Waals surface area contributed by atoms with Gasteiger partial charge in [-0.25, -0.2) is 4.68 Å². The number of ether oxygens (including phenoxy) is 1. The van der Waals surface area contributed by atoms with E-state index in [1.54, 1.807) is 18.0 Å². The third-order valence-electron chi connectivity index (χ3n) is 5.52. The summed E-state index contributed by atoms with van der Waals surface area (Å²) in [5.41, 5.74) is 4.26. The zero-order valence-electron chi connectivity index (χ0n) is 16.8. The molecule has 4 rings (SSSR count). The highest BCUT2D eigenvalue weighted by atomic mass is 16.5. The van der Waals surface area contributed by atoms with Crippen molar-refractivity contribution in [2.45, 2.75) is 25.9 Å². The van der Waals surface area contributed by atoms with Gasteiger partial charge in [0.25, 0.3) is 5.91 Å². The molecule has 1 fully saturated rings. The van der Waals surface area contributed by atoms with Crippen molar-refractivity contribution in [3.8, 4) is 5.69 Å². The van der Waals surface area contributed by atoms with Gasteiger partial charge in [-0.15, -0.1) is 0 Å². The molecule has 3 aromatic rings. The first kappa shape index (κ1) is 19.2. The van der Waals surface area contributed by atoms with Gasteiger partial charge in [-0.05, 0) is 56.2 Å². The van der Waals surface area contributed by atoms with Gasteiger partial charge in [0.15, 0.2) is 0 Å². The van der Waals surface area contributed by atoms with E-state index in [4.69, 9.17) is 4.74 Å². The number of carbonyl (C=O) groups is 1. The minimum atomic E-state index is -0.154. The van der Waals surface area contributed by atoms with Crippen molar-refractivity contribution in [3.63, 3.8) is 0 Å². The number of benzene rings is 2. The molecule has 1 aromatic heterocycles. The molecule has 1 aliphatic heterocycles. The maximum Gasteiger partial charge on any atom is 0.259 e. The summed E-state index contributed by atoms with van der Waals surface area (Å²) < 4.78 is 7.22. The summed E-state index contributed by atoms with van der Waals surface area (Å²) in [7, 11) is 1.78. The largest absolute Gasteiger partial charge is 0.381 e. The number of nitrogens with zero attached hydrogens (tertiary/aromatic N) is 3. The van der Waals surface area contributed by atoms with E-state index in [1.807, 2.05) is 49.4 Å². The van der Waals surface area contributed by atoms with E-state index in [-0.39, 0.29) is 5.91 Å². The number of carbonyl (C=O) groups excluding carboxylic acids is 1. The number of hydrogen-bond donors (Lipinski definition) is 1.